The van der Waals surface area contributed by atoms with E-state index in [1.165, 1.54) is 19.3 Å². The van der Waals surface area contributed by atoms with Crippen molar-refractivity contribution in [1.82, 2.24) is 16.2 Å². The third-order valence-corrected chi connectivity index (χ3v) is 5.49. The zero-order chi connectivity index (χ0) is 20.1. The highest BCUT2D eigenvalue weighted by Crippen LogP contribution is 2.32. The molecule has 0 radical (unpaired) electrons. The first-order valence-electron chi connectivity index (χ1n) is 10.3. The largest absolute Gasteiger partial charge is 0.334 e. The van der Waals surface area contributed by atoms with Gasteiger partial charge in [0.05, 0.1) is 0 Å². The number of nitrogens with zero attached hydrogens (tertiary/aromatic N) is 2. The van der Waals surface area contributed by atoms with Gasteiger partial charge in [0.25, 0.3) is 0 Å². The Morgan fingerprint density at radius 2 is 1.59 bits per heavy atom. The van der Waals surface area contributed by atoms with Gasteiger partial charge in [0.2, 0.25) is 0 Å². The highest BCUT2D eigenvalue weighted by molar-refractivity contribution is 6.48. The third kappa shape index (κ3) is 4.47. The molecule has 6 heteroatoms. The first-order valence-corrected chi connectivity index (χ1v) is 10.3. The second-order valence-corrected chi connectivity index (χ2v) is 7.73. The summed E-state index contributed by atoms with van der Waals surface area (Å²) in [4.78, 5) is 22.1. The molecule has 0 bridgehead atoms. The van der Waals surface area contributed by atoms with Gasteiger partial charge in [-0.15, -0.1) is 0 Å². The third-order valence-electron chi connectivity index (χ3n) is 5.49. The molecule has 1 heterocycles. The Bertz CT molecular complexity index is 903. The van der Waals surface area contributed by atoms with Crippen molar-refractivity contribution in [1.29, 1.82) is 0 Å². The Morgan fingerprint density at radius 3 is 2.28 bits per heavy atom. The van der Waals surface area contributed by atoms with Crippen LogP contribution in [-0.4, -0.2) is 23.6 Å². The Kier molecular flexibility index (Phi) is 5.60. The van der Waals surface area contributed by atoms with Crippen LogP contribution in [0.4, 0.5) is 4.79 Å². The highest BCUT2D eigenvalue weighted by atomic mass is 16.2. The van der Waals surface area contributed by atoms with E-state index in [0.717, 1.165) is 29.7 Å². The van der Waals surface area contributed by atoms with Crippen molar-refractivity contribution in [3.8, 4) is 0 Å². The number of nitrogens with one attached hydrogen (secondary N) is 3. The van der Waals surface area contributed by atoms with Crippen LogP contribution in [0.1, 0.15) is 50.2 Å². The lowest BCUT2D eigenvalue weighted by molar-refractivity contribution is 0.231. The Labute approximate surface area is 171 Å². The summed E-state index contributed by atoms with van der Waals surface area (Å²) in [6.07, 6.45) is 5.68. The number of aliphatic imine (C=N–C) groups is 2. The molecule has 2 aromatic rings. The summed E-state index contributed by atoms with van der Waals surface area (Å²) in [5.41, 5.74) is 7.69. The number of carbonyl (C=O) groups excluding carboxylic acids is 1. The number of hydrogen-bond donors (Lipinski definition) is 3. The first kappa shape index (κ1) is 19.2. The number of amidine groups is 1. The van der Waals surface area contributed by atoms with E-state index in [0.29, 0.717) is 5.84 Å². The van der Waals surface area contributed by atoms with E-state index in [1.807, 2.05) is 67.6 Å². The molecule has 150 valence electrons. The van der Waals surface area contributed by atoms with Crippen molar-refractivity contribution >= 4 is 17.6 Å². The smallest absolute Gasteiger partial charge is 0.333 e. The first-order chi connectivity index (χ1) is 14.1. The number of urea groups is 1. The normalized spacial score (nSPS) is 21.8. The van der Waals surface area contributed by atoms with Gasteiger partial charge in [-0.2, -0.15) is 0 Å². The molecular weight excluding hydrogens is 362 g/mol. The van der Waals surface area contributed by atoms with Crippen molar-refractivity contribution < 1.29 is 4.79 Å². The Hall–Kier alpha value is -3.15. The molecule has 0 saturated heterocycles. The topological polar surface area (TPSA) is 77.9 Å². The van der Waals surface area contributed by atoms with Gasteiger partial charge in [0, 0.05) is 17.2 Å². The molecule has 0 aromatic heterocycles. The van der Waals surface area contributed by atoms with E-state index in [-0.39, 0.29) is 12.1 Å². The molecule has 1 saturated carbocycles. The molecule has 2 amide bonds. The molecule has 2 aliphatic rings. The maximum Gasteiger partial charge on any atom is 0.333 e. The maximum absolute atomic E-state index is 12.4. The summed E-state index contributed by atoms with van der Waals surface area (Å²) >= 11 is 0. The van der Waals surface area contributed by atoms with Gasteiger partial charge < -0.3 is 5.32 Å². The predicted molar refractivity (Wildman–Crippen MR) is 116 cm³/mol. The van der Waals surface area contributed by atoms with Crippen LogP contribution in [0.15, 0.2) is 70.6 Å². The van der Waals surface area contributed by atoms with E-state index in [2.05, 4.69) is 16.2 Å². The minimum atomic E-state index is -0.740. The quantitative estimate of drug-likeness (QED) is 0.696. The molecule has 1 aliphatic carbocycles. The van der Waals surface area contributed by atoms with Gasteiger partial charge in [-0.25, -0.2) is 14.8 Å². The molecule has 2 aromatic carbocycles. The SMILES string of the molecule is CC1(c2ccccc2)N=C(NNC(=O)NC2CCCCC2)C(c2ccccc2)=N1. The van der Waals surface area contributed by atoms with E-state index < -0.39 is 5.66 Å². The molecule has 6 nitrogen and oxygen atoms in total. The minimum Gasteiger partial charge on any atom is -0.334 e. The van der Waals surface area contributed by atoms with Crippen molar-refractivity contribution in [3.63, 3.8) is 0 Å². The summed E-state index contributed by atoms with van der Waals surface area (Å²) in [6.45, 7) is 1.97. The fraction of sp³-hybridized carbons (Fsp3) is 0.348. The molecular formula is C23H27N5O. The van der Waals surface area contributed by atoms with Gasteiger partial charge in [-0.1, -0.05) is 79.9 Å². The number of rotatable bonds is 3. The molecule has 29 heavy (non-hydrogen) atoms. The molecule has 0 spiro atoms. The zero-order valence-electron chi connectivity index (χ0n) is 16.7. The second-order valence-electron chi connectivity index (χ2n) is 7.73. The van der Waals surface area contributed by atoms with Crippen molar-refractivity contribution in [2.24, 2.45) is 9.98 Å². The lowest BCUT2D eigenvalue weighted by atomic mass is 9.96. The van der Waals surface area contributed by atoms with Crippen molar-refractivity contribution in [3.05, 3.63) is 71.8 Å². The minimum absolute atomic E-state index is 0.236. The standard InChI is InChI=1S/C23H27N5O/c1-23(18-13-7-3-8-14-18)25-20(17-11-5-2-6-12-17)21(26-23)27-28-22(29)24-19-15-9-4-10-16-19/h2-3,5-8,11-14,19H,4,9-10,15-16H2,1H3,(H,26,27)(H2,24,28,29). The monoisotopic (exact) mass is 389 g/mol. The Morgan fingerprint density at radius 1 is 0.931 bits per heavy atom. The maximum atomic E-state index is 12.4. The average Bonchev–Trinajstić information content (AvgIpc) is 3.12. The summed E-state index contributed by atoms with van der Waals surface area (Å²) in [7, 11) is 0. The second kappa shape index (κ2) is 8.47. The number of benzene rings is 2. The lowest BCUT2D eigenvalue weighted by Gasteiger charge is -2.23. The van der Waals surface area contributed by atoms with E-state index in [4.69, 9.17) is 9.98 Å². The van der Waals surface area contributed by atoms with Gasteiger partial charge in [0.1, 0.15) is 5.71 Å². The van der Waals surface area contributed by atoms with Crippen LogP contribution >= 0.6 is 0 Å². The lowest BCUT2D eigenvalue weighted by Crippen LogP contribution is -2.51. The van der Waals surface area contributed by atoms with Crippen LogP contribution in [0.2, 0.25) is 0 Å². The van der Waals surface area contributed by atoms with Gasteiger partial charge in [-0.3, -0.25) is 10.9 Å². The molecule has 4 rings (SSSR count). The van der Waals surface area contributed by atoms with Crippen LogP contribution < -0.4 is 16.2 Å². The Balaban J connectivity index is 1.52. The van der Waals surface area contributed by atoms with E-state index in [9.17, 15) is 4.79 Å². The molecule has 1 unspecified atom stereocenters. The number of hydrogen-bond acceptors (Lipinski definition) is 4. The average molecular weight is 390 g/mol. The summed E-state index contributed by atoms with van der Waals surface area (Å²) in [5, 5.41) is 3.04. The fourth-order valence-corrected chi connectivity index (χ4v) is 3.92. The van der Waals surface area contributed by atoms with Crippen LogP contribution in [0.3, 0.4) is 0 Å². The van der Waals surface area contributed by atoms with Crippen LogP contribution in [0.5, 0.6) is 0 Å². The van der Waals surface area contributed by atoms with Crippen molar-refractivity contribution in [2.45, 2.75) is 50.7 Å². The molecule has 1 aliphatic heterocycles. The number of carbonyl (C=O) groups is 1. The van der Waals surface area contributed by atoms with E-state index >= 15 is 0 Å². The van der Waals surface area contributed by atoms with Gasteiger partial charge in [0.15, 0.2) is 11.5 Å². The summed E-state index contributed by atoms with van der Waals surface area (Å²) in [6, 6.07) is 19.9. The van der Waals surface area contributed by atoms with E-state index in [1.54, 1.807) is 0 Å². The van der Waals surface area contributed by atoms with Crippen molar-refractivity contribution in [2.75, 3.05) is 0 Å². The van der Waals surface area contributed by atoms with Gasteiger partial charge >= 0.3 is 6.03 Å². The predicted octanol–water partition coefficient (Wildman–Crippen LogP) is 3.90. The molecule has 1 fully saturated rings. The van der Waals surface area contributed by atoms with Crippen LogP contribution in [0, 0.1) is 0 Å². The fourth-order valence-electron chi connectivity index (χ4n) is 3.92. The molecule has 3 N–H and O–H groups in total. The summed E-state index contributed by atoms with van der Waals surface area (Å²) < 4.78 is 0. The number of amides is 2. The van der Waals surface area contributed by atoms with Crippen LogP contribution in [-0.2, 0) is 5.66 Å². The highest BCUT2D eigenvalue weighted by Gasteiger charge is 2.34. The zero-order valence-corrected chi connectivity index (χ0v) is 16.7. The van der Waals surface area contributed by atoms with Gasteiger partial charge in [-0.05, 0) is 19.8 Å². The van der Waals surface area contributed by atoms with Crippen LogP contribution in [0.25, 0.3) is 0 Å². The number of hydrazine groups is 1. The summed E-state index contributed by atoms with van der Waals surface area (Å²) in [5.74, 6) is 0.557. The molecule has 1 atom stereocenters.